The fourth-order valence-corrected chi connectivity index (χ4v) is 3.08. The molecule has 1 atom stereocenters. The molecule has 30 heavy (non-hydrogen) atoms. The van der Waals surface area contributed by atoms with Crippen LogP contribution in [0, 0.1) is 0 Å². The quantitative estimate of drug-likeness (QED) is 0.571. The number of anilines is 1. The Labute approximate surface area is 171 Å². The predicted octanol–water partition coefficient (Wildman–Crippen LogP) is 1.54. The molecule has 4 rings (SSSR count). The van der Waals surface area contributed by atoms with E-state index in [1.807, 2.05) is 30.3 Å². The Morgan fingerprint density at radius 3 is 2.67 bits per heavy atom. The van der Waals surface area contributed by atoms with Crippen LogP contribution in [0.5, 0.6) is 0 Å². The van der Waals surface area contributed by atoms with Crippen molar-refractivity contribution in [2.24, 2.45) is 0 Å². The number of rotatable bonds is 6. The minimum atomic E-state index is -0.960. The zero-order valence-electron chi connectivity index (χ0n) is 15.9. The van der Waals surface area contributed by atoms with E-state index in [1.165, 1.54) is 0 Å². The number of carbonyl (C=O) groups excluding carboxylic acids is 3. The van der Waals surface area contributed by atoms with Gasteiger partial charge in [-0.25, -0.2) is 0 Å². The first-order valence-electron chi connectivity index (χ1n) is 9.45. The monoisotopic (exact) mass is 405 g/mol. The Balaban J connectivity index is 1.29. The van der Waals surface area contributed by atoms with Crippen LogP contribution in [-0.4, -0.2) is 40.4 Å². The molecule has 0 spiro atoms. The van der Waals surface area contributed by atoms with E-state index >= 15 is 0 Å². The van der Waals surface area contributed by atoms with Crippen molar-refractivity contribution in [3.8, 4) is 11.4 Å². The Bertz CT molecular complexity index is 1080. The first-order chi connectivity index (χ1) is 14.6. The number of nitrogens with zero attached hydrogens (tertiary/aromatic N) is 2. The third-order valence-electron chi connectivity index (χ3n) is 4.60. The number of aromatic nitrogens is 2. The summed E-state index contributed by atoms with van der Waals surface area (Å²) in [5, 5.41) is 11.9. The first-order valence-corrected chi connectivity index (χ1v) is 9.45. The number of benzene rings is 2. The number of nitrogens with one attached hydrogen (secondary N) is 3. The summed E-state index contributed by atoms with van der Waals surface area (Å²) in [6, 6.07) is 15.1. The van der Waals surface area contributed by atoms with Gasteiger partial charge < -0.3 is 20.5 Å². The summed E-state index contributed by atoms with van der Waals surface area (Å²) in [5.74, 6) is -0.336. The summed E-state index contributed by atoms with van der Waals surface area (Å²) in [7, 11) is 0. The lowest BCUT2D eigenvalue weighted by Gasteiger charge is -2.14. The molecule has 9 nitrogen and oxygen atoms in total. The summed E-state index contributed by atoms with van der Waals surface area (Å²) < 4.78 is 5.20. The minimum Gasteiger partial charge on any atom is -0.356 e. The molecule has 0 saturated heterocycles. The van der Waals surface area contributed by atoms with E-state index in [4.69, 9.17) is 4.52 Å². The van der Waals surface area contributed by atoms with E-state index in [9.17, 15) is 14.4 Å². The molecule has 9 heteroatoms. The molecule has 1 aromatic heterocycles. The molecule has 3 amide bonds. The Hall–Kier alpha value is -4.01. The highest BCUT2D eigenvalue weighted by atomic mass is 16.5. The minimum absolute atomic E-state index is 0.176. The topological polar surface area (TPSA) is 126 Å². The SMILES string of the molecule is O=C(CC1NC(=O)c2ccccc2NC1=O)NCCc1nc(-c2ccccc2)no1. The number of hydrogen-bond donors (Lipinski definition) is 3. The lowest BCUT2D eigenvalue weighted by atomic mass is 10.1. The van der Waals surface area contributed by atoms with Gasteiger partial charge in [-0.05, 0) is 12.1 Å². The standard InChI is InChI=1S/C21H19N5O4/c27-17(12-16-21(29)23-15-9-5-4-8-14(15)20(28)24-16)22-11-10-18-25-19(26-30-18)13-6-2-1-3-7-13/h1-9,16H,10-12H2,(H,22,27)(H,23,29)(H,24,28). The van der Waals surface area contributed by atoms with Crippen LogP contribution in [0.4, 0.5) is 5.69 Å². The molecule has 3 aromatic rings. The van der Waals surface area contributed by atoms with Crippen molar-refractivity contribution >= 4 is 23.4 Å². The molecule has 1 aliphatic rings. The maximum atomic E-state index is 12.4. The number of para-hydroxylation sites is 1. The van der Waals surface area contributed by atoms with Gasteiger partial charge >= 0.3 is 0 Å². The number of amides is 3. The maximum absolute atomic E-state index is 12.4. The molecule has 0 aliphatic carbocycles. The smallest absolute Gasteiger partial charge is 0.254 e. The van der Waals surface area contributed by atoms with Crippen molar-refractivity contribution in [3.05, 3.63) is 66.1 Å². The van der Waals surface area contributed by atoms with Gasteiger partial charge in [-0.1, -0.05) is 47.6 Å². The first kappa shape index (κ1) is 19.3. The Kier molecular flexibility index (Phi) is 5.51. The van der Waals surface area contributed by atoms with E-state index in [-0.39, 0.29) is 18.9 Å². The van der Waals surface area contributed by atoms with Crippen LogP contribution in [0.15, 0.2) is 59.1 Å². The molecule has 0 saturated carbocycles. The van der Waals surface area contributed by atoms with Crippen LogP contribution in [0.2, 0.25) is 0 Å². The van der Waals surface area contributed by atoms with E-state index in [0.717, 1.165) is 5.56 Å². The highest BCUT2D eigenvalue weighted by Crippen LogP contribution is 2.19. The normalized spacial score (nSPS) is 15.5. The van der Waals surface area contributed by atoms with Gasteiger partial charge in [-0.15, -0.1) is 0 Å². The van der Waals surface area contributed by atoms with E-state index in [1.54, 1.807) is 24.3 Å². The van der Waals surface area contributed by atoms with E-state index in [0.29, 0.717) is 29.4 Å². The van der Waals surface area contributed by atoms with Gasteiger partial charge in [0, 0.05) is 18.5 Å². The third-order valence-corrected chi connectivity index (χ3v) is 4.60. The highest BCUT2D eigenvalue weighted by molar-refractivity contribution is 6.10. The largest absolute Gasteiger partial charge is 0.356 e. The summed E-state index contributed by atoms with van der Waals surface area (Å²) in [4.78, 5) is 41.2. The van der Waals surface area contributed by atoms with Gasteiger partial charge in [-0.3, -0.25) is 14.4 Å². The lowest BCUT2D eigenvalue weighted by Crippen LogP contribution is -2.44. The molecule has 1 unspecified atom stereocenters. The summed E-state index contributed by atoms with van der Waals surface area (Å²) in [5.41, 5.74) is 1.63. The van der Waals surface area contributed by atoms with Crippen LogP contribution in [0.1, 0.15) is 22.7 Å². The highest BCUT2D eigenvalue weighted by Gasteiger charge is 2.29. The molecular formula is C21H19N5O4. The zero-order chi connectivity index (χ0) is 20.9. The molecule has 2 heterocycles. The van der Waals surface area contributed by atoms with Gasteiger partial charge in [-0.2, -0.15) is 4.98 Å². The molecule has 0 bridgehead atoms. The molecular weight excluding hydrogens is 386 g/mol. The van der Waals surface area contributed by atoms with Crippen molar-refractivity contribution in [2.45, 2.75) is 18.9 Å². The Morgan fingerprint density at radius 2 is 1.83 bits per heavy atom. The molecule has 152 valence electrons. The van der Waals surface area contributed by atoms with Gasteiger partial charge in [0.05, 0.1) is 17.7 Å². The average molecular weight is 405 g/mol. The predicted molar refractivity (Wildman–Crippen MR) is 107 cm³/mol. The van der Waals surface area contributed by atoms with Crippen molar-refractivity contribution in [3.63, 3.8) is 0 Å². The van der Waals surface area contributed by atoms with Crippen LogP contribution in [-0.2, 0) is 16.0 Å². The van der Waals surface area contributed by atoms with Crippen molar-refractivity contribution in [2.75, 3.05) is 11.9 Å². The number of hydrogen-bond acceptors (Lipinski definition) is 6. The van der Waals surface area contributed by atoms with Crippen molar-refractivity contribution < 1.29 is 18.9 Å². The average Bonchev–Trinajstić information content (AvgIpc) is 3.19. The van der Waals surface area contributed by atoms with E-state index < -0.39 is 17.9 Å². The fraction of sp³-hybridized carbons (Fsp3) is 0.190. The summed E-state index contributed by atoms with van der Waals surface area (Å²) in [6.07, 6.45) is 0.172. The van der Waals surface area contributed by atoms with Gasteiger partial charge in [0.2, 0.25) is 23.5 Å². The van der Waals surface area contributed by atoms with Crippen molar-refractivity contribution in [1.82, 2.24) is 20.8 Å². The van der Waals surface area contributed by atoms with Gasteiger partial charge in [0.1, 0.15) is 6.04 Å². The Morgan fingerprint density at radius 1 is 1.07 bits per heavy atom. The molecule has 0 fully saturated rings. The van der Waals surface area contributed by atoms with Crippen LogP contribution >= 0.6 is 0 Å². The van der Waals surface area contributed by atoms with Crippen LogP contribution in [0.3, 0.4) is 0 Å². The van der Waals surface area contributed by atoms with Crippen molar-refractivity contribution in [1.29, 1.82) is 0 Å². The molecule has 3 N–H and O–H groups in total. The lowest BCUT2D eigenvalue weighted by molar-refractivity contribution is -0.125. The molecule has 1 aliphatic heterocycles. The van der Waals surface area contributed by atoms with Crippen LogP contribution < -0.4 is 16.0 Å². The second-order valence-electron chi connectivity index (χ2n) is 6.74. The molecule has 0 radical (unpaired) electrons. The second-order valence-corrected chi connectivity index (χ2v) is 6.74. The number of carbonyl (C=O) groups is 3. The summed E-state index contributed by atoms with van der Waals surface area (Å²) >= 11 is 0. The molecule has 2 aromatic carbocycles. The summed E-state index contributed by atoms with van der Waals surface area (Å²) in [6.45, 7) is 0.262. The third kappa shape index (κ3) is 4.35. The van der Waals surface area contributed by atoms with Gasteiger partial charge in [0.15, 0.2) is 0 Å². The fourth-order valence-electron chi connectivity index (χ4n) is 3.08. The maximum Gasteiger partial charge on any atom is 0.254 e. The zero-order valence-corrected chi connectivity index (χ0v) is 15.9. The second kappa shape index (κ2) is 8.56. The van der Waals surface area contributed by atoms with Crippen LogP contribution in [0.25, 0.3) is 11.4 Å². The van der Waals surface area contributed by atoms with Gasteiger partial charge in [0.25, 0.3) is 5.91 Å². The number of fused-ring (bicyclic) bond motifs is 1. The van der Waals surface area contributed by atoms with E-state index in [2.05, 4.69) is 26.1 Å².